The number of nitrogens with one attached hydrogen (secondary N) is 1. The highest BCUT2D eigenvalue weighted by molar-refractivity contribution is 9.10. The molecule has 4 nitrogen and oxygen atoms in total. The summed E-state index contributed by atoms with van der Waals surface area (Å²) in [4.78, 5) is 0. The number of ether oxygens (including phenoxy) is 1. The van der Waals surface area contributed by atoms with Gasteiger partial charge in [-0.25, -0.2) is 0 Å². The summed E-state index contributed by atoms with van der Waals surface area (Å²) in [7, 11) is 0. The Balaban J connectivity index is 2.21. The van der Waals surface area contributed by atoms with Gasteiger partial charge in [0.25, 0.3) is 0 Å². The van der Waals surface area contributed by atoms with Crippen LogP contribution < -0.4 is 5.32 Å². The zero-order valence-corrected chi connectivity index (χ0v) is 14.0. The standard InChI is InChI=1S/C16H23BrN2O2/c1-2-3-4-5-8-21-12-14(20)11-19-16-7-6-13(10-18)9-15(16)17/h6-7,9,14,19-20H,2-5,8,11-12H2,1H3. The first-order valence-corrected chi connectivity index (χ1v) is 8.16. The molecule has 1 atom stereocenters. The van der Waals surface area contributed by atoms with Crippen molar-refractivity contribution >= 4 is 21.6 Å². The molecule has 0 saturated carbocycles. The smallest absolute Gasteiger partial charge is 0.0992 e. The van der Waals surface area contributed by atoms with E-state index in [0.29, 0.717) is 25.3 Å². The van der Waals surface area contributed by atoms with Gasteiger partial charge in [-0.2, -0.15) is 5.26 Å². The molecule has 0 heterocycles. The Morgan fingerprint density at radius 3 is 2.86 bits per heavy atom. The fraction of sp³-hybridized carbons (Fsp3) is 0.562. The minimum absolute atomic E-state index is 0.340. The van der Waals surface area contributed by atoms with Crippen molar-refractivity contribution in [2.75, 3.05) is 25.1 Å². The number of anilines is 1. The van der Waals surface area contributed by atoms with Crippen LogP contribution in [0.2, 0.25) is 0 Å². The maximum absolute atomic E-state index is 9.85. The molecule has 116 valence electrons. The highest BCUT2D eigenvalue weighted by Gasteiger charge is 2.06. The fourth-order valence-corrected chi connectivity index (χ4v) is 2.38. The summed E-state index contributed by atoms with van der Waals surface area (Å²) in [6.45, 7) is 3.64. The van der Waals surface area contributed by atoms with Crippen molar-refractivity contribution in [3.63, 3.8) is 0 Å². The Hall–Kier alpha value is -1.09. The van der Waals surface area contributed by atoms with Crippen molar-refractivity contribution in [3.05, 3.63) is 28.2 Å². The molecule has 1 aromatic carbocycles. The summed E-state index contributed by atoms with van der Waals surface area (Å²) in [6.07, 6.45) is 4.14. The first-order chi connectivity index (χ1) is 10.2. The van der Waals surface area contributed by atoms with Gasteiger partial charge in [0.2, 0.25) is 0 Å². The number of hydrogen-bond acceptors (Lipinski definition) is 4. The lowest BCUT2D eigenvalue weighted by atomic mass is 10.2. The lowest BCUT2D eigenvalue weighted by Crippen LogP contribution is -2.25. The zero-order valence-electron chi connectivity index (χ0n) is 12.4. The molecule has 0 saturated heterocycles. The van der Waals surface area contributed by atoms with Crippen molar-refractivity contribution in [2.24, 2.45) is 0 Å². The molecular formula is C16H23BrN2O2. The summed E-state index contributed by atoms with van der Waals surface area (Å²) in [5.41, 5.74) is 1.46. The van der Waals surface area contributed by atoms with E-state index in [-0.39, 0.29) is 0 Å². The van der Waals surface area contributed by atoms with E-state index >= 15 is 0 Å². The highest BCUT2D eigenvalue weighted by atomic mass is 79.9. The Kier molecular flexibility index (Phi) is 9.07. The van der Waals surface area contributed by atoms with Crippen molar-refractivity contribution < 1.29 is 9.84 Å². The third-order valence-electron chi connectivity index (χ3n) is 3.08. The van der Waals surface area contributed by atoms with Gasteiger partial charge >= 0.3 is 0 Å². The van der Waals surface area contributed by atoms with Gasteiger partial charge in [-0.15, -0.1) is 0 Å². The molecule has 1 aromatic rings. The fourth-order valence-electron chi connectivity index (χ4n) is 1.86. The van der Waals surface area contributed by atoms with E-state index in [9.17, 15) is 5.11 Å². The summed E-state index contributed by atoms with van der Waals surface area (Å²) >= 11 is 3.40. The average Bonchev–Trinajstić information content (AvgIpc) is 2.49. The quantitative estimate of drug-likeness (QED) is 0.629. The third-order valence-corrected chi connectivity index (χ3v) is 3.73. The van der Waals surface area contributed by atoms with Gasteiger partial charge in [-0.1, -0.05) is 26.2 Å². The second-order valence-electron chi connectivity index (χ2n) is 4.98. The van der Waals surface area contributed by atoms with E-state index in [4.69, 9.17) is 10.00 Å². The van der Waals surface area contributed by atoms with Crippen LogP contribution in [0.5, 0.6) is 0 Å². The summed E-state index contributed by atoms with van der Waals surface area (Å²) < 4.78 is 6.27. The molecule has 0 spiro atoms. The highest BCUT2D eigenvalue weighted by Crippen LogP contribution is 2.23. The molecular weight excluding hydrogens is 332 g/mol. The predicted octanol–water partition coefficient (Wildman–Crippen LogP) is 3.69. The number of hydrogen-bond donors (Lipinski definition) is 2. The SMILES string of the molecule is CCCCCCOCC(O)CNc1ccc(C#N)cc1Br. The molecule has 0 bridgehead atoms. The molecule has 0 aromatic heterocycles. The van der Waals surface area contributed by atoms with Crippen LogP contribution in [0, 0.1) is 11.3 Å². The molecule has 0 aliphatic carbocycles. The maximum atomic E-state index is 9.85. The van der Waals surface area contributed by atoms with Crippen LogP contribution in [-0.4, -0.2) is 31.0 Å². The van der Waals surface area contributed by atoms with E-state index in [2.05, 4.69) is 34.2 Å². The number of aliphatic hydroxyl groups is 1. The lowest BCUT2D eigenvalue weighted by molar-refractivity contribution is 0.0416. The van der Waals surface area contributed by atoms with E-state index in [0.717, 1.165) is 16.6 Å². The van der Waals surface area contributed by atoms with Crippen molar-refractivity contribution in [2.45, 2.75) is 38.7 Å². The molecule has 0 aliphatic heterocycles. The van der Waals surface area contributed by atoms with Crippen LogP contribution in [0.3, 0.4) is 0 Å². The topological polar surface area (TPSA) is 65.3 Å². The molecule has 0 aliphatic rings. The van der Waals surface area contributed by atoms with E-state index in [1.807, 2.05) is 6.07 Å². The maximum Gasteiger partial charge on any atom is 0.0992 e. The summed E-state index contributed by atoms with van der Waals surface area (Å²) in [5, 5.41) is 21.8. The van der Waals surface area contributed by atoms with Gasteiger partial charge in [-0.3, -0.25) is 0 Å². The number of benzene rings is 1. The molecule has 5 heteroatoms. The number of nitrogens with zero attached hydrogens (tertiary/aromatic N) is 1. The first kappa shape index (κ1) is 18.0. The van der Waals surface area contributed by atoms with Crippen molar-refractivity contribution in [1.29, 1.82) is 5.26 Å². The summed E-state index contributed by atoms with van der Waals surface area (Å²) in [5.74, 6) is 0. The average molecular weight is 355 g/mol. The van der Waals surface area contributed by atoms with Gasteiger partial charge in [0.1, 0.15) is 0 Å². The number of halogens is 1. The minimum atomic E-state index is -0.543. The molecule has 0 amide bonds. The van der Waals surface area contributed by atoms with E-state index < -0.39 is 6.10 Å². The van der Waals surface area contributed by atoms with Crippen LogP contribution in [0.1, 0.15) is 38.2 Å². The van der Waals surface area contributed by atoms with Crippen molar-refractivity contribution in [1.82, 2.24) is 0 Å². The molecule has 0 radical (unpaired) electrons. The largest absolute Gasteiger partial charge is 0.389 e. The van der Waals surface area contributed by atoms with Crippen LogP contribution in [0.15, 0.2) is 22.7 Å². The van der Waals surface area contributed by atoms with Crippen LogP contribution in [-0.2, 0) is 4.74 Å². The molecule has 21 heavy (non-hydrogen) atoms. The summed E-state index contributed by atoms with van der Waals surface area (Å²) in [6, 6.07) is 7.39. The Morgan fingerprint density at radius 2 is 2.19 bits per heavy atom. The van der Waals surface area contributed by atoms with E-state index in [1.54, 1.807) is 12.1 Å². The molecule has 2 N–H and O–H groups in total. The Bertz CT molecular complexity index is 460. The second kappa shape index (κ2) is 10.6. The predicted molar refractivity (Wildman–Crippen MR) is 88.3 cm³/mol. The number of unbranched alkanes of at least 4 members (excludes halogenated alkanes) is 3. The molecule has 0 fully saturated rings. The monoisotopic (exact) mass is 354 g/mol. The van der Waals surface area contributed by atoms with Gasteiger partial charge in [0, 0.05) is 23.3 Å². The van der Waals surface area contributed by atoms with Gasteiger partial charge in [0.15, 0.2) is 0 Å². The molecule has 1 rings (SSSR count). The normalized spacial score (nSPS) is 11.9. The van der Waals surface area contributed by atoms with Crippen LogP contribution in [0.25, 0.3) is 0 Å². The van der Waals surface area contributed by atoms with Gasteiger partial charge < -0.3 is 15.2 Å². The van der Waals surface area contributed by atoms with Crippen molar-refractivity contribution in [3.8, 4) is 6.07 Å². The first-order valence-electron chi connectivity index (χ1n) is 7.36. The molecule has 1 unspecified atom stereocenters. The number of nitriles is 1. The van der Waals surface area contributed by atoms with Crippen LogP contribution >= 0.6 is 15.9 Å². The third kappa shape index (κ3) is 7.47. The number of rotatable bonds is 10. The van der Waals surface area contributed by atoms with Gasteiger partial charge in [-0.05, 0) is 40.5 Å². The van der Waals surface area contributed by atoms with E-state index in [1.165, 1.54) is 19.3 Å². The van der Waals surface area contributed by atoms with Crippen LogP contribution in [0.4, 0.5) is 5.69 Å². The second-order valence-corrected chi connectivity index (χ2v) is 5.83. The zero-order chi connectivity index (χ0) is 15.5. The Labute approximate surface area is 135 Å². The van der Waals surface area contributed by atoms with Gasteiger partial charge in [0.05, 0.1) is 24.3 Å². The number of aliphatic hydroxyl groups excluding tert-OH is 1. The Morgan fingerprint density at radius 1 is 1.38 bits per heavy atom. The lowest BCUT2D eigenvalue weighted by Gasteiger charge is -2.14. The minimum Gasteiger partial charge on any atom is -0.389 e.